The van der Waals surface area contributed by atoms with Gasteiger partial charge < -0.3 is 10.7 Å². The number of halogens is 1. The molecule has 0 spiro atoms. The standard InChI is InChI=1S/C12H11FN4O/c13-10-5-1-4-9(11(10)17-14)12(18)16-8-3-2-6-15-7-8/h1-7,17H,14H2,(H,16,18). The van der Waals surface area contributed by atoms with Crippen molar-refractivity contribution in [2.24, 2.45) is 5.84 Å². The number of nitrogens with zero attached hydrogens (tertiary/aromatic N) is 1. The van der Waals surface area contributed by atoms with Crippen LogP contribution in [-0.2, 0) is 0 Å². The zero-order chi connectivity index (χ0) is 13.0. The summed E-state index contributed by atoms with van der Waals surface area (Å²) in [6.45, 7) is 0. The molecule has 0 unspecified atom stereocenters. The number of hydrazine groups is 1. The fourth-order valence-electron chi connectivity index (χ4n) is 1.50. The normalized spacial score (nSPS) is 9.89. The summed E-state index contributed by atoms with van der Waals surface area (Å²) in [7, 11) is 0. The van der Waals surface area contributed by atoms with Crippen LogP contribution < -0.4 is 16.6 Å². The first kappa shape index (κ1) is 12.0. The van der Waals surface area contributed by atoms with Gasteiger partial charge in [-0.15, -0.1) is 0 Å². The van der Waals surface area contributed by atoms with Gasteiger partial charge in [0.15, 0.2) is 0 Å². The van der Waals surface area contributed by atoms with Crippen molar-refractivity contribution in [1.29, 1.82) is 0 Å². The molecule has 4 N–H and O–H groups in total. The van der Waals surface area contributed by atoms with Crippen LogP contribution in [0, 0.1) is 5.82 Å². The van der Waals surface area contributed by atoms with E-state index in [0.29, 0.717) is 5.69 Å². The molecule has 0 saturated carbocycles. The molecule has 0 bridgehead atoms. The SMILES string of the molecule is NNc1c(F)cccc1C(=O)Nc1cccnc1. The molecule has 1 aromatic carbocycles. The predicted molar refractivity (Wildman–Crippen MR) is 66.4 cm³/mol. The van der Waals surface area contributed by atoms with E-state index in [2.05, 4.69) is 15.7 Å². The minimum atomic E-state index is -0.587. The first-order chi connectivity index (χ1) is 8.72. The van der Waals surface area contributed by atoms with E-state index in [0.717, 1.165) is 0 Å². The van der Waals surface area contributed by atoms with Gasteiger partial charge in [0.2, 0.25) is 0 Å². The number of amides is 1. The van der Waals surface area contributed by atoms with Crippen LogP contribution in [0.4, 0.5) is 15.8 Å². The molecule has 0 saturated heterocycles. The van der Waals surface area contributed by atoms with Crippen molar-refractivity contribution in [2.45, 2.75) is 0 Å². The van der Waals surface area contributed by atoms with Crippen molar-refractivity contribution >= 4 is 17.3 Å². The van der Waals surface area contributed by atoms with Crippen molar-refractivity contribution < 1.29 is 9.18 Å². The summed E-state index contributed by atoms with van der Waals surface area (Å²) in [5.41, 5.74) is 2.79. The summed E-state index contributed by atoms with van der Waals surface area (Å²) in [4.78, 5) is 15.8. The summed E-state index contributed by atoms with van der Waals surface area (Å²) in [5.74, 6) is 4.15. The van der Waals surface area contributed by atoms with Gasteiger partial charge in [0, 0.05) is 6.20 Å². The molecular formula is C12H11FN4O. The topological polar surface area (TPSA) is 80.0 Å². The van der Waals surface area contributed by atoms with Crippen molar-refractivity contribution in [3.8, 4) is 0 Å². The van der Waals surface area contributed by atoms with E-state index in [1.54, 1.807) is 18.3 Å². The molecule has 1 aromatic heterocycles. The highest BCUT2D eigenvalue weighted by Gasteiger charge is 2.14. The quantitative estimate of drug-likeness (QED) is 0.569. The van der Waals surface area contributed by atoms with Crippen molar-refractivity contribution in [2.75, 3.05) is 10.7 Å². The van der Waals surface area contributed by atoms with E-state index in [-0.39, 0.29) is 11.3 Å². The molecule has 92 valence electrons. The average molecular weight is 246 g/mol. The van der Waals surface area contributed by atoms with E-state index in [1.165, 1.54) is 24.4 Å². The summed E-state index contributed by atoms with van der Waals surface area (Å²) in [6, 6.07) is 7.50. The molecule has 1 amide bonds. The maximum absolute atomic E-state index is 13.4. The van der Waals surface area contributed by atoms with Gasteiger partial charge in [0.05, 0.1) is 23.1 Å². The third kappa shape index (κ3) is 2.44. The number of aromatic nitrogens is 1. The molecule has 0 aliphatic carbocycles. The molecule has 18 heavy (non-hydrogen) atoms. The number of para-hydroxylation sites is 1. The molecule has 0 aliphatic heterocycles. The summed E-state index contributed by atoms with van der Waals surface area (Å²) >= 11 is 0. The zero-order valence-corrected chi connectivity index (χ0v) is 9.35. The van der Waals surface area contributed by atoms with Gasteiger partial charge in [-0.3, -0.25) is 15.6 Å². The number of rotatable bonds is 3. The van der Waals surface area contributed by atoms with Gasteiger partial charge in [-0.1, -0.05) is 6.07 Å². The lowest BCUT2D eigenvalue weighted by atomic mass is 10.1. The Kier molecular flexibility index (Phi) is 3.49. The average Bonchev–Trinajstić information content (AvgIpc) is 2.39. The first-order valence-electron chi connectivity index (χ1n) is 5.19. The van der Waals surface area contributed by atoms with Gasteiger partial charge in [-0.25, -0.2) is 4.39 Å². The largest absolute Gasteiger partial charge is 0.321 e. The minimum Gasteiger partial charge on any atom is -0.321 e. The first-order valence-corrected chi connectivity index (χ1v) is 5.19. The maximum atomic E-state index is 13.4. The summed E-state index contributed by atoms with van der Waals surface area (Å²) < 4.78 is 13.4. The van der Waals surface area contributed by atoms with Crippen molar-refractivity contribution in [1.82, 2.24) is 4.98 Å². The highest BCUT2D eigenvalue weighted by Crippen LogP contribution is 2.19. The van der Waals surface area contributed by atoms with Crippen LogP contribution in [0.25, 0.3) is 0 Å². The van der Waals surface area contributed by atoms with Crippen LogP contribution in [-0.4, -0.2) is 10.9 Å². The molecule has 0 aliphatic rings. The Morgan fingerprint density at radius 3 is 2.78 bits per heavy atom. The Morgan fingerprint density at radius 2 is 2.11 bits per heavy atom. The molecule has 2 aromatic rings. The van der Waals surface area contributed by atoms with E-state index in [1.807, 2.05) is 0 Å². The van der Waals surface area contributed by atoms with Crippen molar-refractivity contribution in [3.05, 3.63) is 54.1 Å². The summed E-state index contributed by atoms with van der Waals surface area (Å²) in [5, 5.41) is 2.60. The molecule has 0 fully saturated rings. The molecule has 0 atom stereocenters. The van der Waals surface area contributed by atoms with E-state index in [4.69, 9.17) is 5.84 Å². The van der Waals surface area contributed by atoms with E-state index < -0.39 is 11.7 Å². The molecule has 1 heterocycles. The smallest absolute Gasteiger partial charge is 0.257 e. The highest BCUT2D eigenvalue weighted by atomic mass is 19.1. The van der Waals surface area contributed by atoms with E-state index >= 15 is 0 Å². The number of anilines is 2. The number of pyridine rings is 1. The number of benzene rings is 1. The maximum Gasteiger partial charge on any atom is 0.257 e. The van der Waals surface area contributed by atoms with E-state index in [9.17, 15) is 9.18 Å². The lowest BCUT2D eigenvalue weighted by Gasteiger charge is -2.10. The molecular weight excluding hydrogens is 235 g/mol. The van der Waals surface area contributed by atoms with Gasteiger partial charge in [0.1, 0.15) is 5.82 Å². The van der Waals surface area contributed by atoms with Crippen LogP contribution >= 0.6 is 0 Å². The second-order valence-corrected chi connectivity index (χ2v) is 3.50. The Morgan fingerprint density at radius 1 is 1.28 bits per heavy atom. The molecule has 5 nitrogen and oxygen atoms in total. The Balaban J connectivity index is 2.27. The Labute approximate surface area is 103 Å². The van der Waals surface area contributed by atoms with Crippen LogP contribution in [0.5, 0.6) is 0 Å². The van der Waals surface area contributed by atoms with Crippen LogP contribution in [0.3, 0.4) is 0 Å². The lowest BCUT2D eigenvalue weighted by molar-refractivity contribution is 0.102. The number of hydrogen-bond donors (Lipinski definition) is 3. The lowest BCUT2D eigenvalue weighted by Crippen LogP contribution is -2.18. The minimum absolute atomic E-state index is 0.0427. The predicted octanol–water partition coefficient (Wildman–Crippen LogP) is 1.76. The second kappa shape index (κ2) is 5.24. The monoisotopic (exact) mass is 246 g/mol. The fourth-order valence-corrected chi connectivity index (χ4v) is 1.50. The van der Waals surface area contributed by atoms with Gasteiger partial charge >= 0.3 is 0 Å². The third-order valence-corrected chi connectivity index (χ3v) is 2.32. The van der Waals surface area contributed by atoms with Crippen LogP contribution in [0.1, 0.15) is 10.4 Å². The Bertz CT molecular complexity index is 559. The van der Waals surface area contributed by atoms with Crippen LogP contribution in [0.2, 0.25) is 0 Å². The molecule has 6 heteroatoms. The van der Waals surface area contributed by atoms with Gasteiger partial charge in [0.25, 0.3) is 5.91 Å². The highest BCUT2D eigenvalue weighted by molar-refractivity contribution is 6.07. The second-order valence-electron chi connectivity index (χ2n) is 3.50. The number of carbonyl (C=O) groups is 1. The molecule has 0 radical (unpaired) electrons. The van der Waals surface area contributed by atoms with Crippen LogP contribution in [0.15, 0.2) is 42.7 Å². The number of nitrogen functional groups attached to an aromatic ring is 1. The van der Waals surface area contributed by atoms with Crippen molar-refractivity contribution in [3.63, 3.8) is 0 Å². The summed E-state index contributed by atoms with van der Waals surface area (Å²) in [6.07, 6.45) is 3.08. The van der Waals surface area contributed by atoms with Gasteiger partial charge in [-0.05, 0) is 24.3 Å². The zero-order valence-electron chi connectivity index (χ0n) is 9.35. The number of nitrogens with two attached hydrogens (primary N) is 1. The number of hydrogen-bond acceptors (Lipinski definition) is 4. The number of carbonyl (C=O) groups excluding carboxylic acids is 1. The molecule has 2 rings (SSSR count). The fraction of sp³-hybridized carbons (Fsp3) is 0. The third-order valence-electron chi connectivity index (χ3n) is 2.32. The Hall–Kier alpha value is -2.47. The van der Waals surface area contributed by atoms with Gasteiger partial charge in [-0.2, -0.15) is 0 Å². The number of nitrogens with one attached hydrogen (secondary N) is 2.